The molecule has 2 rings (SSSR count). The van der Waals surface area contributed by atoms with E-state index in [9.17, 15) is 9.18 Å². The zero-order chi connectivity index (χ0) is 15.2. The minimum absolute atomic E-state index is 0.0177. The predicted molar refractivity (Wildman–Crippen MR) is 79.5 cm³/mol. The third kappa shape index (κ3) is 3.57. The van der Waals surface area contributed by atoms with Gasteiger partial charge in [-0.1, -0.05) is 29.5 Å². The van der Waals surface area contributed by atoms with Gasteiger partial charge in [0.05, 0.1) is 22.8 Å². The van der Waals surface area contributed by atoms with Crippen molar-refractivity contribution in [1.29, 1.82) is 0 Å². The number of hydrogen-bond donors (Lipinski definition) is 2. The van der Waals surface area contributed by atoms with Gasteiger partial charge in [0.2, 0.25) is 0 Å². The third-order valence-corrected chi connectivity index (χ3v) is 2.84. The van der Waals surface area contributed by atoms with Crippen molar-refractivity contribution >= 4 is 23.2 Å². The molecule has 1 heterocycles. The fourth-order valence-corrected chi connectivity index (χ4v) is 1.79. The molecule has 0 radical (unpaired) electrons. The van der Waals surface area contributed by atoms with Crippen molar-refractivity contribution in [3.63, 3.8) is 0 Å². The van der Waals surface area contributed by atoms with Crippen molar-refractivity contribution in [1.82, 2.24) is 4.98 Å². The van der Waals surface area contributed by atoms with E-state index in [-0.39, 0.29) is 22.9 Å². The summed E-state index contributed by atoms with van der Waals surface area (Å²) in [6.07, 6.45) is 1.46. The van der Waals surface area contributed by atoms with Gasteiger partial charge in [-0.15, -0.1) is 0 Å². The molecule has 0 unspecified atom stereocenters. The normalized spacial score (nSPS) is 9.67. The Labute approximate surface area is 126 Å². The summed E-state index contributed by atoms with van der Waals surface area (Å²) >= 11 is 5.66. The minimum atomic E-state index is -0.696. The number of aromatic nitrogens is 1. The molecule has 0 bridgehead atoms. The highest BCUT2D eigenvalue weighted by atomic mass is 35.5. The second kappa shape index (κ2) is 6.84. The maximum absolute atomic E-state index is 13.8. The Kier molecular flexibility index (Phi) is 4.88. The number of nitrogens with one attached hydrogen (secondary N) is 1. The highest BCUT2D eigenvalue weighted by molar-refractivity contribution is 6.31. The molecule has 0 aliphatic heterocycles. The summed E-state index contributed by atoms with van der Waals surface area (Å²) < 4.78 is 13.8. The lowest BCUT2D eigenvalue weighted by Gasteiger charge is -2.07. The Balaban J connectivity index is 2.31. The van der Waals surface area contributed by atoms with Gasteiger partial charge in [-0.2, -0.15) is 0 Å². The first-order valence-corrected chi connectivity index (χ1v) is 6.40. The van der Waals surface area contributed by atoms with Gasteiger partial charge in [0.15, 0.2) is 5.82 Å². The molecule has 4 nitrogen and oxygen atoms in total. The number of carbonyl (C=O) groups is 1. The quantitative estimate of drug-likeness (QED) is 0.837. The van der Waals surface area contributed by atoms with Crippen molar-refractivity contribution in [2.24, 2.45) is 5.73 Å². The molecule has 21 heavy (non-hydrogen) atoms. The van der Waals surface area contributed by atoms with Gasteiger partial charge in [-0.25, -0.2) is 9.37 Å². The molecule has 0 spiro atoms. The van der Waals surface area contributed by atoms with E-state index < -0.39 is 11.7 Å². The summed E-state index contributed by atoms with van der Waals surface area (Å²) in [6.45, 7) is 0.166. The number of anilines is 1. The molecule has 0 atom stereocenters. The van der Waals surface area contributed by atoms with Crippen LogP contribution in [0.4, 0.5) is 10.1 Å². The summed E-state index contributed by atoms with van der Waals surface area (Å²) in [5.41, 5.74) is 5.80. The molecule has 0 fully saturated rings. The van der Waals surface area contributed by atoms with Crippen LogP contribution >= 0.6 is 11.6 Å². The molecule has 1 aromatic carbocycles. The van der Waals surface area contributed by atoms with E-state index in [0.717, 1.165) is 0 Å². The zero-order valence-electron chi connectivity index (χ0n) is 10.9. The van der Waals surface area contributed by atoms with Crippen LogP contribution in [0.3, 0.4) is 0 Å². The van der Waals surface area contributed by atoms with Crippen molar-refractivity contribution in [3.05, 3.63) is 58.6 Å². The number of hydrogen-bond acceptors (Lipinski definition) is 3. The summed E-state index contributed by atoms with van der Waals surface area (Å²) in [5.74, 6) is 4.13. The molecule has 106 valence electrons. The number of halogens is 2. The van der Waals surface area contributed by atoms with Gasteiger partial charge in [-0.05, 0) is 24.3 Å². The number of benzene rings is 1. The number of rotatable bonds is 2. The highest BCUT2D eigenvalue weighted by Gasteiger charge is 2.14. The second-order valence-corrected chi connectivity index (χ2v) is 4.37. The smallest absolute Gasteiger partial charge is 0.275 e. The largest absolute Gasteiger partial charge is 0.320 e. The van der Waals surface area contributed by atoms with E-state index in [0.29, 0.717) is 5.56 Å². The molecular formula is C15H11ClFN3O. The Hall–Kier alpha value is -2.42. The fraction of sp³-hybridized carbons (Fsp3) is 0.0667. The Morgan fingerprint density at radius 1 is 1.38 bits per heavy atom. The molecule has 6 heteroatoms. The minimum Gasteiger partial charge on any atom is -0.320 e. The topological polar surface area (TPSA) is 68.0 Å². The lowest BCUT2D eigenvalue weighted by atomic mass is 10.2. The van der Waals surface area contributed by atoms with E-state index in [4.69, 9.17) is 17.3 Å². The Bertz CT molecular complexity index is 737. The zero-order valence-corrected chi connectivity index (χ0v) is 11.6. The van der Waals surface area contributed by atoms with Gasteiger partial charge in [-0.3, -0.25) is 4.79 Å². The average molecular weight is 304 g/mol. The van der Waals surface area contributed by atoms with Crippen molar-refractivity contribution in [3.8, 4) is 11.8 Å². The monoisotopic (exact) mass is 303 g/mol. The van der Waals surface area contributed by atoms with Crippen LogP contribution in [0.5, 0.6) is 0 Å². The third-order valence-electron chi connectivity index (χ3n) is 2.55. The van der Waals surface area contributed by atoms with Crippen LogP contribution in [0, 0.1) is 17.7 Å². The molecule has 0 aliphatic rings. The summed E-state index contributed by atoms with van der Waals surface area (Å²) in [4.78, 5) is 16.1. The average Bonchev–Trinajstić information content (AvgIpc) is 2.50. The van der Waals surface area contributed by atoms with Gasteiger partial charge < -0.3 is 11.1 Å². The van der Waals surface area contributed by atoms with E-state index in [1.54, 1.807) is 12.1 Å². The van der Waals surface area contributed by atoms with Crippen molar-refractivity contribution in [2.45, 2.75) is 0 Å². The number of carbonyl (C=O) groups excluding carboxylic acids is 1. The molecule has 1 aromatic heterocycles. The van der Waals surface area contributed by atoms with Crippen molar-refractivity contribution in [2.75, 3.05) is 11.9 Å². The number of nitrogens with two attached hydrogens (primary N) is 1. The van der Waals surface area contributed by atoms with E-state index in [2.05, 4.69) is 22.1 Å². The molecule has 3 N–H and O–H groups in total. The van der Waals surface area contributed by atoms with Gasteiger partial charge >= 0.3 is 0 Å². The van der Waals surface area contributed by atoms with Crippen LogP contribution in [-0.4, -0.2) is 17.4 Å². The van der Waals surface area contributed by atoms with Crippen LogP contribution in [0.1, 0.15) is 16.1 Å². The standard InChI is InChI=1S/C15H11ClFN3O/c16-11-6-1-7-12(13(11)17)20-15(21)14-10(4-2-8-18)5-3-9-19-14/h1,3,5-7,9H,8,18H2,(H,20,21). The van der Waals surface area contributed by atoms with Crippen molar-refractivity contribution < 1.29 is 9.18 Å². The maximum Gasteiger partial charge on any atom is 0.275 e. The SMILES string of the molecule is NCC#Cc1cccnc1C(=O)Nc1cccc(Cl)c1F. The summed E-state index contributed by atoms with van der Waals surface area (Å²) in [5, 5.41) is 2.35. The number of nitrogens with zero attached hydrogens (tertiary/aromatic N) is 1. The molecule has 0 aliphatic carbocycles. The maximum atomic E-state index is 13.8. The van der Waals surface area contributed by atoms with Crippen LogP contribution in [0.2, 0.25) is 5.02 Å². The molecule has 0 saturated carbocycles. The van der Waals surface area contributed by atoms with E-state index >= 15 is 0 Å². The Morgan fingerprint density at radius 3 is 2.95 bits per heavy atom. The van der Waals surface area contributed by atoms with Crippen LogP contribution in [-0.2, 0) is 0 Å². The van der Waals surface area contributed by atoms with Gasteiger partial charge in [0, 0.05) is 6.20 Å². The predicted octanol–water partition coefficient (Wildman–Crippen LogP) is 2.44. The highest BCUT2D eigenvalue weighted by Crippen LogP contribution is 2.22. The van der Waals surface area contributed by atoms with E-state index in [1.807, 2.05) is 0 Å². The first-order valence-electron chi connectivity index (χ1n) is 6.03. The summed E-state index contributed by atoms with van der Waals surface area (Å²) in [7, 11) is 0. The first kappa shape index (κ1) is 15.0. The fourth-order valence-electron chi connectivity index (χ4n) is 1.62. The molecular weight excluding hydrogens is 293 g/mol. The first-order chi connectivity index (χ1) is 10.1. The van der Waals surface area contributed by atoms with Gasteiger partial charge in [0.1, 0.15) is 5.69 Å². The lowest BCUT2D eigenvalue weighted by Crippen LogP contribution is -2.16. The lowest BCUT2D eigenvalue weighted by molar-refractivity contribution is 0.102. The van der Waals surface area contributed by atoms with Crippen LogP contribution in [0.15, 0.2) is 36.5 Å². The van der Waals surface area contributed by atoms with E-state index in [1.165, 1.54) is 24.4 Å². The number of amides is 1. The summed E-state index contributed by atoms with van der Waals surface area (Å²) in [6, 6.07) is 7.63. The number of pyridine rings is 1. The molecule has 2 aromatic rings. The molecule has 1 amide bonds. The second-order valence-electron chi connectivity index (χ2n) is 3.96. The van der Waals surface area contributed by atoms with Crippen LogP contribution in [0.25, 0.3) is 0 Å². The molecule has 0 saturated heterocycles. The van der Waals surface area contributed by atoms with Gasteiger partial charge in [0.25, 0.3) is 5.91 Å². The van der Waals surface area contributed by atoms with Crippen LogP contribution < -0.4 is 11.1 Å². The Morgan fingerprint density at radius 2 is 2.19 bits per heavy atom.